The Labute approximate surface area is 88.0 Å². The lowest BCUT2D eigenvalue weighted by Gasteiger charge is -2.22. The third-order valence-corrected chi connectivity index (χ3v) is 1.36. The van der Waals surface area contributed by atoms with Gasteiger partial charge in [0.25, 0.3) is 6.10 Å². The molecular formula is C6H3BrF6O2. The summed E-state index contributed by atoms with van der Waals surface area (Å²) in [6, 6.07) is 0. The van der Waals surface area contributed by atoms with E-state index in [2.05, 4.69) is 27.2 Å². The van der Waals surface area contributed by atoms with Gasteiger partial charge in [0.1, 0.15) is 0 Å². The highest BCUT2D eigenvalue weighted by atomic mass is 79.9. The fourth-order valence-corrected chi connectivity index (χ4v) is 0.584. The molecule has 0 fully saturated rings. The predicted molar refractivity (Wildman–Crippen MR) is 40.1 cm³/mol. The van der Waals surface area contributed by atoms with Crippen LogP contribution in [0, 0.1) is 0 Å². The summed E-state index contributed by atoms with van der Waals surface area (Å²) in [4.78, 5) is 10.5. The van der Waals surface area contributed by atoms with E-state index in [-0.39, 0.29) is 0 Å². The fourth-order valence-electron chi connectivity index (χ4n) is 0.490. The van der Waals surface area contributed by atoms with Crippen LogP contribution >= 0.6 is 15.9 Å². The minimum absolute atomic E-state index is 0.735. The maximum absolute atomic E-state index is 11.8. The van der Waals surface area contributed by atoms with Gasteiger partial charge in [-0.2, -0.15) is 26.3 Å². The molecule has 15 heavy (non-hydrogen) atoms. The molecule has 9 heteroatoms. The Balaban J connectivity index is 4.85. The third kappa shape index (κ3) is 4.54. The molecule has 0 atom stereocenters. The highest BCUT2D eigenvalue weighted by molar-refractivity contribution is 9.12. The van der Waals surface area contributed by atoms with Crippen LogP contribution in [0.5, 0.6) is 0 Å². The normalized spacial score (nSPS) is 12.8. The maximum atomic E-state index is 11.8. The summed E-state index contributed by atoms with van der Waals surface area (Å²) >= 11 is 2.30. The number of esters is 1. The summed E-state index contributed by atoms with van der Waals surface area (Å²) in [6.45, 7) is 2.78. The van der Waals surface area contributed by atoms with Crippen LogP contribution in [0.4, 0.5) is 26.3 Å². The van der Waals surface area contributed by atoms with Crippen molar-refractivity contribution < 1.29 is 35.9 Å². The first kappa shape index (κ1) is 14.3. The summed E-state index contributed by atoms with van der Waals surface area (Å²) in [5.74, 6) is -1.82. The SMILES string of the molecule is C=C(Br)C(=O)OC(C(F)(F)F)C(F)(F)F. The van der Waals surface area contributed by atoms with Gasteiger partial charge in [0.15, 0.2) is 0 Å². The van der Waals surface area contributed by atoms with Gasteiger partial charge in [0, 0.05) is 0 Å². The Bertz CT molecular complexity index is 254. The van der Waals surface area contributed by atoms with Crippen molar-refractivity contribution in [2.75, 3.05) is 0 Å². The van der Waals surface area contributed by atoms with Crippen molar-refractivity contribution >= 4 is 21.9 Å². The molecule has 0 N–H and O–H groups in total. The zero-order chi connectivity index (χ0) is 12.4. The van der Waals surface area contributed by atoms with Gasteiger partial charge in [0.05, 0.1) is 4.48 Å². The Morgan fingerprint density at radius 2 is 1.47 bits per heavy atom. The van der Waals surface area contributed by atoms with E-state index in [0.29, 0.717) is 0 Å². The Morgan fingerprint density at radius 3 is 1.67 bits per heavy atom. The Kier molecular flexibility index (Phi) is 4.20. The zero-order valence-electron chi connectivity index (χ0n) is 6.75. The molecule has 0 aromatic heterocycles. The minimum atomic E-state index is -5.71. The number of halogens is 7. The van der Waals surface area contributed by atoms with Crippen molar-refractivity contribution in [3.05, 3.63) is 11.1 Å². The number of hydrogen-bond donors (Lipinski definition) is 0. The van der Waals surface area contributed by atoms with Crippen molar-refractivity contribution in [3.8, 4) is 0 Å². The quantitative estimate of drug-likeness (QED) is 0.445. The molecule has 0 aromatic carbocycles. The summed E-state index contributed by atoms with van der Waals surface area (Å²) in [5.41, 5.74) is 0. The summed E-state index contributed by atoms with van der Waals surface area (Å²) in [7, 11) is 0. The van der Waals surface area contributed by atoms with Crippen LogP contribution in [0.25, 0.3) is 0 Å². The van der Waals surface area contributed by atoms with Crippen molar-refractivity contribution in [2.45, 2.75) is 18.5 Å². The van der Waals surface area contributed by atoms with Crippen molar-refractivity contribution in [1.29, 1.82) is 0 Å². The van der Waals surface area contributed by atoms with Gasteiger partial charge in [-0.25, -0.2) is 4.79 Å². The van der Waals surface area contributed by atoms with Crippen molar-refractivity contribution in [1.82, 2.24) is 0 Å². The fraction of sp³-hybridized carbons (Fsp3) is 0.500. The number of carbonyl (C=O) groups excluding carboxylic acids is 1. The van der Waals surface area contributed by atoms with Crippen LogP contribution in [0.1, 0.15) is 0 Å². The van der Waals surface area contributed by atoms with Crippen LogP contribution in [0.2, 0.25) is 0 Å². The Morgan fingerprint density at radius 1 is 1.13 bits per heavy atom. The van der Waals surface area contributed by atoms with Crippen LogP contribution < -0.4 is 0 Å². The van der Waals surface area contributed by atoms with Crippen molar-refractivity contribution in [2.24, 2.45) is 0 Å². The first-order valence-corrected chi connectivity index (χ1v) is 3.94. The molecule has 0 saturated heterocycles. The predicted octanol–water partition coefficient (Wildman–Crippen LogP) is 2.93. The second-order valence-electron chi connectivity index (χ2n) is 2.27. The van der Waals surface area contributed by atoms with Crippen LogP contribution in [0.15, 0.2) is 11.1 Å². The second-order valence-corrected chi connectivity index (χ2v) is 3.23. The standard InChI is InChI=1S/C6H3BrF6O2/c1-2(7)3(14)15-4(5(8,9)10)6(11,12)13/h4H,1H2. The number of rotatable bonds is 2. The van der Waals surface area contributed by atoms with Gasteiger partial charge in [-0.05, 0) is 15.9 Å². The molecule has 0 bridgehead atoms. The minimum Gasteiger partial charge on any atom is -0.439 e. The van der Waals surface area contributed by atoms with E-state index < -0.39 is 28.9 Å². The average Bonchev–Trinajstić information content (AvgIpc) is 1.94. The van der Waals surface area contributed by atoms with Gasteiger partial charge < -0.3 is 4.74 Å². The van der Waals surface area contributed by atoms with Gasteiger partial charge in [-0.3, -0.25) is 0 Å². The molecular weight excluding hydrogens is 298 g/mol. The average molecular weight is 301 g/mol. The smallest absolute Gasteiger partial charge is 0.434 e. The van der Waals surface area contributed by atoms with E-state index in [9.17, 15) is 31.1 Å². The number of carbonyl (C=O) groups is 1. The first-order valence-electron chi connectivity index (χ1n) is 3.15. The van der Waals surface area contributed by atoms with E-state index in [1.54, 1.807) is 0 Å². The van der Waals surface area contributed by atoms with Gasteiger partial charge in [-0.15, -0.1) is 0 Å². The van der Waals surface area contributed by atoms with Crippen LogP contribution in [-0.4, -0.2) is 24.4 Å². The van der Waals surface area contributed by atoms with E-state index in [1.165, 1.54) is 0 Å². The highest BCUT2D eigenvalue weighted by Gasteiger charge is 2.59. The lowest BCUT2D eigenvalue weighted by atomic mass is 10.3. The molecule has 0 aromatic rings. The molecule has 0 saturated carbocycles. The molecule has 0 heterocycles. The number of alkyl halides is 6. The first-order chi connectivity index (χ1) is 6.46. The van der Waals surface area contributed by atoms with Crippen molar-refractivity contribution in [3.63, 3.8) is 0 Å². The largest absolute Gasteiger partial charge is 0.439 e. The summed E-state index contributed by atoms with van der Waals surface area (Å²) < 4.78 is 73.3. The van der Waals surface area contributed by atoms with Crippen LogP contribution in [0.3, 0.4) is 0 Å². The lowest BCUT2D eigenvalue weighted by Crippen LogP contribution is -2.45. The molecule has 0 amide bonds. The summed E-state index contributed by atoms with van der Waals surface area (Å²) in [6.07, 6.45) is -15.6. The molecule has 2 nitrogen and oxygen atoms in total. The summed E-state index contributed by atoms with van der Waals surface area (Å²) in [5, 5.41) is 0. The number of ether oxygens (including phenoxy) is 1. The molecule has 0 spiro atoms. The second kappa shape index (κ2) is 4.42. The monoisotopic (exact) mass is 300 g/mol. The molecule has 0 aliphatic heterocycles. The van der Waals surface area contributed by atoms with E-state index in [1.807, 2.05) is 0 Å². The molecule has 0 radical (unpaired) electrons. The highest BCUT2D eigenvalue weighted by Crippen LogP contribution is 2.36. The van der Waals surface area contributed by atoms with E-state index in [4.69, 9.17) is 0 Å². The molecule has 0 aliphatic carbocycles. The van der Waals surface area contributed by atoms with E-state index in [0.717, 1.165) is 0 Å². The van der Waals surface area contributed by atoms with Gasteiger partial charge >= 0.3 is 18.3 Å². The van der Waals surface area contributed by atoms with E-state index >= 15 is 0 Å². The Hall–Kier alpha value is -0.730. The van der Waals surface area contributed by atoms with Crippen LogP contribution in [-0.2, 0) is 9.53 Å². The topological polar surface area (TPSA) is 26.3 Å². The molecule has 0 unspecified atom stereocenters. The lowest BCUT2D eigenvalue weighted by molar-refractivity contribution is -0.312. The maximum Gasteiger partial charge on any atom is 0.434 e. The number of hydrogen-bond acceptors (Lipinski definition) is 2. The molecule has 0 aliphatic rings. The zero-order valence-corrected chi connectivity index (χ0v) is 8.33. The molecule has 0 rings (SSSR count). The van der Waals surface area contributed by atoms with Gasteiger partial charge in [0.2, 0.25) is 0 Å². The van der Waals surface area contributed by atoms with Gasteiger partial charge in [-0.1, -0.05) is 6.58 Å². The molecule has 88 valence electrons. The third-order valence-electron chi connectivity index (χ3n) is 1.04.